The minimum absolute atomic E-state index is 0.0837. The summed E-state index contributed by atoms with van der Waals surface area (Å²) in [6, 6.07) is 0.218. The standard InChI is InChI=1S/C12H23NO2/c1-4-5-6-11-12(14)13-10(8-15-11)7-9(2)3/h9-11H,4-8H2,1-3H3,(H,13,14)/t10-,11+/m1/s1. The molecule has 0 spiro atoms. The van der Waals surface area contributed by atoms with Crippen LogP contribution in [0.1, 0.15) is 46.5 Å². The molecule has 1 amide bonds. The number of hydrogen-bond acceptors (Lipinski definition) is 2. The largest absolute Gasteiger partial charge is 0.366 e. The average Bonchev–Trinajstić information content (AvgIpc) is 2.15. The van der Waals surface area contributed by atoms with Crippen molar-refractivity contribution in [3.05, 3.63) is 0 Å². The van der Waals surface area contributed by atoms with Crippen LogP contribution in [0.25, 0.3) is 0 Å². The molecule has 1 N–H and O–H groups in total. The van der Waals surface area contributed by atoms with Gasteiger partial charge in [0.15, 0.2) is 0 Å². The fourth-order valence-corrected chi connectivity index (χ4v) is 1.94. The Morgan fingerprint density at radius 3 is 2.80 bits per heavy atom. The van der Waals surface area contributed by atoms with E-state index in [-0.39, 0.29) is 18.1 Å². The van der Waals surface area contributed by atoms with Crippen molar-refractivity contribution < 1.29 is 9.53 Å². The van der Waals surface area contributed by atoms with E-state index < -0.39 is 0 Å². The zero-order chi connectivity index (χ0) is 11.3. The lowest BCUT2D eigenvalue weighted by Gasteiger charge is -2.30. The van der Waals surface area contributed by atoms with Gasteiger partial charge in [0.05, 0.1) is 12.6 Å². The summed E-state index contributed by atoms with van der Waals surface area (Å²) in [5.41, 5.74) is 0. The fourth-order valence-electron chi connectivity index (χ4n) is 1.94. The molecule has 1 heterocycles. The van der Waals surface area contributed by atoms with Gasteiger partial charge in [-0.25, -0.2) is 0 Å². The molecule has 1 fully saturated rings. The Morgan fingerprint density at radius 1 is 1.53 bits per heavy atom. The summed E-state index contributed by atoms with van der Waals surface area (Å²) in [4.78, 5) is 11.7. The van der Waals surface area contributed by atoms with Crippen molar-refractivity contribution in [2.45, 2.75) is 58.6 Å². The number of hydrogen-bond donors (Lipinski definition) is 1. The highest BCUT2D eigenvalue weighted by atomic mass is 16.5. The van der Waals surface area contributed by atoms with E-state index in [1.54, 1.807) is 0 Å². The van der Waals surface area contributed by atoms with Crippen LogP contribution in [0.15, 0.2) is 0 Å². The first-order valence-electron chi connectivity index (χ1n) is 6.05. The Hall–Kier alpha value is -0.570. The van der Waals surface area contributed by atoms with E-state index in [2.05, 4.69) is 26.1 Å². The van der Waals surface area contributed by atoms with Crippen molar-refractivity contribution in [3.63, 3.8) is 0 Å². The van der Waals surface area contributed by atoms with E-state index in [0.29, 0.717) is 12.5 Å². The number of ether oxygens (including phenoxy) is 1. The van der Waals surface area contributed by atoms with Crippen LogP contribution >= 0.6 is 0 Å². The van der Waals surface area contributed by atoms with Crippen LogP contribution in [0.3, 0.4) is 0 Å². The Balaban J connectivity index is 2.31. The molecule has 1 saturated heterocycles. The van der Waals surface area contributed by atoms with Crippen LogP contribution in [-0.4, -0.2) is 24.7 Å². The minimum atomic E-state index is -0.201. The van der Waals surface area contributed by atoms with Gasteiger partial charge in [-0.2, -0.15) is 0 Å². The van der Waals surface area contributed by atoms with Crippen molar-refractivity contribution in [3.8, 4) is 0 Å². The molecule has 0 aromatic rings. The third-order valence-corrected chi connectivity index (χ3v) is 2.71. The van der Waals surface area contributed by atoms with Gasteiger partial charge in [-0.3, -0.25) is 4.79 Å². The van der Waals surface area contributed by atoms with Gasteiger partial charge in [0, 0.05) is 0 Å². The van der Waals surface area contributed by atoms with Crippen molar-refractivity contribution >= 4 is 5.91 Å². The van der Waals surface area contributed by atoms with Crippen molar-refractivity contribution in [1.82, 2.24) is 5.32 Å². The molecule has 0 aromatic heterocycles. The van der Waals surface area contributed by atoms with Crippen LogP contribution in [0.4, 0.5) is 0 Å². The minimum Gasteiger partial charge on any atom is -0.366 e. The molecule has 0 radical (unpaired) electrons. The summed E-state index contributed by atoms with van der Waals surface area (Å²) < 4.78 is 5.59. The van der Waals surface area contributed by atoms with Crippen LogP contribution in [0.5, 0.6) is 0 Å². The number of amides is 1. The van der Waals surface area contributed by atoms with Gasteiger partial charge >= 0.3 is 0 Å². The predicted molar refractivity (Wildman–Crippen MR) is 60.7 cm³/mol. The molecule has 1 aliphatic heterocycles. The summed E-state index contributed by atoms with van der Waals surface area (Å²) in [7, 11) is 0. The van der Waals surface area contributed by atoms with Crippen LogP contribution in [0.2, 0.25) is 0 Å². The monoisotopic (exact) mass is 213 g/mol. The van der Waals surface area contributed by atoms with Crippen LogP contribution in [-0.2, 0) is 9.53 Å². The van der Waals surface area contributed by atoms with Gasteiger partial charge in [-0.05, 0) is 18.8 Å². The maximum Gasteiger partial charge on any atom is 0.249 e. The number of nitrogens with one attached hydrogen (secondary N) is 1. The third-order valence-electron chi connectivity index (χ3n) is 2.71. The third kappa shape index (κ3) is 4.20. The van der Waals surface area contributed by atoms with Gasteiger partial charge < -0.3 is 10.1 Å². The Kier molecular flexibility index (Phi) is 5.09. The van der Waals surface area contributed by atoms with E-state index in [1.807, 2.05) is 0 Å². The second-order valence-electron chi connectivity index (χ2n) is 4.80. The fraction of sp³-hybridized carbons (Fsp3) is 0.917. The summed E-state index contributed by atoms with van der Waals surface area (Å²) in [6.07, 6.45) is 3.84. The second kappa shape index (κ2) is 6.11. The summed E-state index contributed by atoms with van der Waals surface area (Å²) in [5, 5.41) is 3.04. The van der Waals surface area contributed by atoms with Crippen molar-refractivity contribution in [2.75, 3.05) is 6.61 Å². The van der Waals surface area contributed by atoms with Gasteiger partial charge in [0.1, 0.15) is 6.10 Å². The molecule has 0 bridgehead atoms. The lowest BCUT2D eigenvalue weighted by molar-refractivity contribution is -0.141. The lowest BCUT2D eigenvalue weighted by Crippen LogP contribution is -2.51. The van der Waals surface area contributed by atoms with Crippen molar-refractivity contribution in [1.29, 1.82) is 0 Å². The second-order valence-corrected chi connectivity index (χ2v) is 4.80. The van der Waals surface area contributed by atoms with Crippen LogP contribution in [0, 0.1) is 5.92 Å². The number of morpholine rings is 1. The number of unbranched alkanes of at least 4 members (excludes halogenated alkanes) is 1. The first-order chi connectivity index (χ1) is 7.13. The van der Waals surface area contributed by atoms with Crippen LogP contribution < -0.4 is 5.32 Å². The zero-order valence-electron chi connectivity index (χ0n) is 10.1. The molecule has 2 atom stereocenters. The topological polar surface area (TPSA) is 38.3 Å². The molecule has 0 aromatic carbocycles. The van der Waals surface area contributed by atoms with E-state index in [0.717, 1.165) is 25.7 Å². The Bertz CT molecular complexity index is 204. The molecule has 3 heteroatoms. The molecule has 0 aliphatic carbocycles. The SMILES string of the molecule is CCCC[C@@H]1OC[C@@H](CC(C)C)NC1=O. The highest BCUT2D eigenvalue weighted by Gasteiger charge is 2.28. The number of rotatable bonds is 5. The van der Waals surface area contributed by atoms with E-state index in [9.17, 15) is 4.79 Å². The molecule has 1 rings (SSSR count). The molecule has 3 nitrogen and oxygen atoms in total. The number of carbonyl (C=O) groups excluding carboxylic acids is 1. The Morgan fingerprint density at radius 2 is 2.27 bits per heavy atom. The normalized spacial score (nSPS) is 26.8. The van der Waals surface area contributed by atoms with Crippen molar-refractivity contribution in [2.24, 2.45) is 5.92 Å². The van der Waals surface area contributed by atoms with Gasteiger partial charge in [-0.1, -0.05) is 33.6 Å². The lowest BCUT2D eigenvalue weighted by atomic mass is 10.0. The smallest absolute Gasteiger partial charge is 0.249 e. The molecule has 15 heavy (non-hydrogen) atoms. The van der Waals surface area contributed by atoms with Gasteiger partial charge in [-0.15, -0.1) is 0 Å². The summed E-state index contributed by atoms with van der Waals surface area (Å²) >= 11 is 0. The molecule has 0 unspecified atom stereocenters. The molecule has 1 aliphatic rings. The van der Waals surface area contributed by atoms with Gasteiger partial charge in [0.2, 0.25) is 5.91 Å². The maximum atomic E-state index is 11.7. The van der Waals surface area contributed by atoms with E-state index >= 15 is 0 Å². The zero-order valence-corrected chi connectivity index (χ0v) is 10.1. The first kappa shape index (κ1) is 12.5. The Labute approximate surface area is 92.6 Å². The molecule has 0 saturated carbocycles. The highest BCUT2D eigenvalue weighted by Crippen LogP contribution is 2.14. The molecular weight excluding hydrogens is 190 g/mol. The average molecular weight is 213 g/mol. The first-order valence-corrected chi connectivity index (χ1v) is 6.05. The molecular formula is C12H23NO2. The summed E-state index contributed by atoms with van der Waals surface area (Å²) in [5.74, 6) is 0.687. The van der Waals surface area contributed by atoms with E-state index in [4.69, 9.17) is 4.74 Å². The predicted octanol–water partition coefficient (Wildman–Crippen LogP) is 2.11. The van der Waals surface area contributed by atoms with E-state index in [1.165, 1.54) is 0 Å². The quantitative estimate of drug-likeness (QED) is 0.759. The number of carbonyl (C=O) groups is 1. The molecule has 88 valence electrons. The maximum absolute atomic E-state index is 11.7. The van der Waals surface area contributed by atoms with Gasteiger partial charge in [0.25, 0.3) is 0 Å². The highest BCUT2D eigenvalue weighted by molar-refractivity contribution is 5.81. The summed E-state index contributed by atoms with van der Waals surface area (Å²) in [6.45, 7) is 7.13.